The van der Waals surface area contributed by atoms with Crippen LogP contribution < -0.4 is 10.6 Å². The van der Waals surface area contributed by atoms with E-state index in [1.165, 1.54) is 0 Å². The lowest BCUT2D eigenvalue weighted by Crippen LogP contribution is -2.54. The number of benzene rings is 1. The Morgan fingerprint density at radius 3 is 2.04 bits per heavy atom. The molecule has 2 N–H and O–H groups in total. The van der Waals surface area contributed by atoms with Gasteiger partial charge in [-0.25, -0.2) is 0 Å². The summed E-state index contributed by atoms with van der Waals surface area (Å²) in [7, 11) is 0. The second-order valence-corrected chi connectivity index (χ2v) is 8.00. The third-order valence-corrected chi connectivity index (χ3v) is 6.33. The van der Waals surface area contributed by atoms with E-state index < -0.39 is 23.8 Å². The van der Waals surface area contributed by atoms with Gasteiger partial charge in [-0.2, -0.15) is 0 Å². The average Bonchev–Trinajstić information content (AvgIpc) is 3.21. The number of hydrogen-bond donors (Lipinski definition) is 2. The van der Waals surface area contributed by atoms with Crippen molar-refractivity contribution in [3.63, 3.8) is 0 Å². The fourth-order valence-electron chi connectivity index (χ4n) is 4.82. The minimum atomic E-state index is -0.911. The molecule has 2 fully saturated rings. The molecule has 8 nitrogen and oxygen atoms in total. The number of fused-ring (bicyclic) bond motifs is 2. The first kappa shape index (κ1) is 17.5. The van der Waals surface area contributed by atoms with E-state index in [1.807, 2.05) is 12.1 Å². The summed E-state index contributed by atoms with van der Waals surface area (Å²) in [5.41, 5.74) is 2.92. The standard InChI is InChI=1S/C20H22N4O4/c25-17-2-1-16(18(26)22-17)24-19(27)14-7-11-9-23(13-3-5-21-6-4-13)10-12(11)8-15(14)20(24)28/h7-8,13,16,21H,1-6,9-10H2,(H,22,25,26). The SMILES string of the molecule is O=C1CCC(N2C(=O)c3cc4c(cc3C2=O)CN(C2CCNCC2)C4)C(=O)N1. The van der Waals surface area contributed by atoms with Gasteiger partial charge >= 0.3 is 0 Å². The molecule has 4 heterocycles. The summed E-state index contributed by atoms with van der Waals surface area (Å²) in [6.07, 6.45) is 2.52. The normalized spacial score (nSPS) is 25.9. The molecule has 4 aliphatic rings. The van der Waals surface area contributed by atoms with Crippen molar-refractivity contribution >= 4 is 23.6 Å². The van der Waals surface area contributed by atoms with Crippen molar-refractivity contribution in [1.29, 1.82) is 0 Å². The molecule has 0 bridgehead atoms. The Balaban J connectivity index is 1.40. The van der Waals surface area contributed by atoms with Crippen LogP contribution >= 0.6 is 0 Å². The smallest absolute Gasteiger partial charge is 0.262 e. The monoisotopic (exact) mass is 382 g/mol. The molecule has 4 aliphatic heterocycles. The zero-order valence-corrected chi connectivity index (χ0v) is 15.5. The highest BCUT2D eigenvalue weighted by molar-refractivity contribution is 6.23. The van der Waals surface area contributed by atoms with Gasteiger partial charge in [-0.15, -0.1) is 0 Å². The molecule has 0 aliphatic carbocycles. The molecule has 28 heavy (non-hydrogen) atoms. The van der Waals surface area contributed by atoms with Crippen LogP contribution in [0.3, 0.4) is 0 Å². The topological polar surface area (TPSA) is 98.8 Å². The van der Waals surface area contributed by atoms with Gasteiger partial charge in [0.05, 0.1) is 11.1 Å². The predicted molar refractivity (Wildman–Crippen MR) is 98.3 cm³/mol. The number of imide groups is 2. The molecular weight excluding hydrogens is 360 g/mol. The van der Waals surface area contributed by atoms with Crippen molar-refractivity contribution in [2.75, 3.05) is 13.1 Å². The third kappa shape index (κ3) is 2.67. The Labute approximate surface area is 162 Å². The maximum absolute atomic E-state index is 12.9. The largest absolute Gasteiger partial charge is 0.317 e. The van der Waals surface area contributed by atoms with Gasteiger partial charge in [0.15, 0.2) is 0 Å². The van der Waals surface area contributed by atoms with E-state index in [4.69, 9.17) is 0 Å². The van der Waals surface area contributed by atoms with Crippen molar-refractivity contribution in [2.24, 2.45) is 0 Å². The highest BCUT2D eigenvalue weighted by Gasteiger charge is 2.45. The summed E-state index contributed by atoms with van der Waals surface area (Å²) in [5.74, 6) is -1.81. The molecule has 4 amide bonds. The van der Waals surface area contributed by atoms with E-state index in [9.17, 15) is 19.2 Å². The summed E-state index contributed by atoms with van der Waals surface area (Å²) in [4.78, 5) is 52.9. The number of nitrogens with zero attached hydrogens (tertiary/aromatic N) is 2. The second-order valence-electron chi connectivity index (χ2n) is 8.00. The van der Waals surface area contributed by atoms with Crippen molar-refractivity contribution in [3.05, 3.63) is 34.4 Å². The fraction of sp³-hybridized carbons (Fsp3) is 0.500. The lowest BCUT2D eigenvalue weighted by atomic mass is 10.0. The van der Waals surface area contributed by atoms with Crippen molar-refractivity contribution in [3.8, 4) is 0 Å². The molecule has 1 aromatic carbocycles. The quantitative estimate of drug-likeness (QED) is 0.707. The Morgan fingerprint density at radius 2 is 1.46 bits per heavy atom. The van der Waals surface area contributed by atoms with Crippen LogP contribution in [0.4, 0.5) is 0 Å². The molecule has 8 heteroatoms. The van der Waals surface area contributed by atoms with Gasteiger partial charge in [-0.3, -0.25) is 34.3 Å². The van der Waals surface area contributed by atoms with Crippen molar-refractivity contribution in [2.45, 2.75) is 50.9 Å². The van der Waals surface area contributed by atoms with Gasteiger partial charge in [0, 0.05) is 25.6 Å². The molecule has 1 aromatic rings. The lowest BCUT2D eigenvalue weighted by molar-refractivity contribution is -0.136. The second kappa shape index (κ2) is 6.49. The van der Waals surface area contributed by atoms with Crippen molar-refractivity contribution < 1.29 is 19.2 Å². The molecule has 1 atom stereocenters. The van der Waals surface area contributed by atoms with Gasteiger partial charge in [-0.05, 0) is 55.6 Å². The Morgan fingerprint density at radius 1 is 0.857 bits per heavy atom. The van der Waals surface area contributed by atoms with Crippen LogP contribution in [0.2, 0.25) is 0 Å². The fourth-order valence-corrected chi connectivity index (χ4v) is 4.82. The number of carbonyl (C=O) groups excluding carboxylic acids is 4. The van der Waals surface area contributed by atoms with Crippen LogP contribution in [-0.4, -0.2) is 58.6 Å². The first-order valence-corrected chi connectivity index (χ1v) is 9.85. The van der Waals surface area contributed by atoms with Crippen molar-refractivity contribution in [1.82, 2.24) is 20.4 Å². The summed E-state index contributed by atoms with van der Waals surface area (Å²) in [5, 5.41) is 5.60. The van der Waals surface area contributed by atoms with Gasteiger partial charge in [0.25, 0.3) is 11.8 Å². The minimum Gasteiger partial charge on any atom is -0.317 e. The molecule has 5 rings (SSSR count). The van der Waals surface area contributed by atoms with Gasteiger partial charge in [-0.1, -0.05) is 0 Å². The number of nitrogens with one attached hydrogen (secondary N) is 2. The molecule has 2 saturated heterocycles. The molecule has 0 radical (unpaired) electrons. The number of amides is 4. The maximum Gasteiger partial charge on any atom is 0.262 e. The Hall–Kier alpha value is -2.58. The van der Waals surface area contributed by atoms with Gasteiger partial charge in [0.2, 0.25) is 11.8 Å². The van der Waals surface area contributed by atoms with Crippen LogP contribution in [0.25, 0.3) is 0 Å². The number of carbonyl (C=O) groups is 4. The summed E-state index contributed by atoms with van der Waals surface area (Å²) in [6.45, 7) is 3.61. The number of rotatable bonds is 2. The van der Waals surface area contributed by atoms with Crippen LogP contribution in [0.1, 0.15) is 57.5 Å². The molecule has 146 valence electrons. The summed E-state index contributed by atoms with van der Waals surface area (Å²) in [6, 6.07) is 3.27. The van der Waals surface area contributed by atoms with E-state index in [0.29, 0.717) is 17.2 Å². The van der Waals surface area contributed by atoms with E-state index in [0.717, 1.165) is 55.0 Å². The highest BCUT2D eigenvalue weighted by Crippen LogP contribution is 2.34. The zero-order chi connectivity index (χ0) is 19.4. The molecular formula is C20H22N4O4. The summed E-state index contributed by atoms with van der Waals surface area (Å²) < 4.78 is 0. The summed E-state index contributed by atoms with van der Waals surface area (Å²) >= 11 is 0. The van der Waals surface area contributed by atoms with E-state index in [-0.39, 0.29) is 18.7 Å². The van der Waals surface area contributed by atoms with Crippen LogP contribution in [-0.2, 0) is 22.7 Å². The lowest BCUT2D eigenvalue weighted by Gasteiger charge is -2.31. The molecule has 1 unspecified atom stereocenters. The van der Waals surface area contributed by atoms with Gasteiger partial charge < -0.3 is 5.32 Å². The zero-order valence-electron chi connectivity index (χ0n) is 15.5. The van der Waals surface area contributed by atoms with Crippen LogP contribution in [0, 0.1) is 0 Å². The molecule has 0 saturated carbocycles. The van der Waals surface area contributed by atoms with E-state index >= 15 is 0 Å². The number of hydrogen-bond acceptors (Lipinski definition) is 6. The Bertz CT molecular complexity index is 861. The van der Waals surface area contributed by atoms with E-state index in [2.05, 4.69) is 15.5 Å². The maximum atomic E-state index is 12.9. The molecule has 0 spiro atoms. The van der Waals surface area contributed by atoms with Gasteiger partial charge in [0.1, 0.15) is 6.04 Å². The first-order valence-electron chi connectivity index (χ1n) is 9.85. The third-order valence-electron chi connectivity index (χ3n) is 6.33. The Kier molecular flexibility index (Phi) is 4.06. The number of piperidine rings is 2. The molecule has 0 aromatic heterocycles. The minimum absolute atomic E-state index is 0.130. The van der Waals surface area contributed by atoms with E-state index in [1.54, 1.807) is 0 Å². The predicted octanol–water partition coefficient (Wildman–Crippen LogP) is 0.155. The van der Waals surface area contributed by atoms with Crippen LogP contribution in [0.15, 0.2) is 12.1 Å². The average molecular weight is 382 g/mol. The van der Waals surface area contributed by atoms with Crippen LogP contribution in [0.5, 0.6) is 0 Å². The first-order chi connectivity index (χ1) is 13.5. The highest BCUT2D eigenvalue weighted by atomic mass is 16.2.